The molecule has 0 atom stereocenters. The van der Waals surface area contributed by atoms with Gasteiger partial charge in [0.25, 0.3) is 0 Å². The van der Waals surface area contributed by atoms with Crippen LogP contribution in [-0.4, -0.2) is 18.1 Å². The van der Waals surface area contributed by atoms with E-state index in [1.54, 1.807) is 0 Å². The predicted octanol–water partition coefficient (Wildman–Crippen LogP) is 2.02. The zero-order valence-electron chi connectivity index (χ0n) is 8.59. The maximum Gasteiger partial charge on any atom is 0.0406 e. The number of nitrogens with zero attached hydrogens (tertiary/aromatic N) is 1. The van der Waals surface area contributed by atoms with Crippen molar-refractivity contribution in [2.75, 3.05) is 13.1 Å². The van der Waals surface area contributed by atoms with Crippen LogP contribution in [0.4, 0.5) is 0 Å². The van der Waals surface area contributed by atoms with Gasteiger partial charge in [0.2, 0.25) is 0 Å². The molecule has 0 amide bonds. The van der Waals surface area contributed by atoms with Crippen LogP contribution in [0.1, 0.15) is 24.6 Å². The van der Waals surface area contributed by atoms with Crippen molar-refractivity contribution in [2.24, 2.45) is 0 Å². The molecule has 0 fully saturated rings. The lowest BCUT2D eigenvalue weighted by Crippen LogP contribution is -2.21. The molecule has 0 radical (unpaired) electrons. The molecule has 1 N–H and O–H groups in total. The Labute approximate surface area is 85.1 Å². The van der Waals surface area contributed by atoms with E-state index in [1.807, 2.05) is 6.20 Å². The summed E-state index contributed by atoms with van der Waals surface area (Å²) in [6.07, 6.45) is 6.38. The molecule has 74 valence electrons. The zero-order chi connectivity index (χ0) is 9.80. The van der Waals surface area contributed by atoms with Gasteiger partial charge < -0.3 is 5.32 Å². The molecule has 2 heteroatoms. The minimum absolute atomic E-state index is 0.993. The fourth-order valence-corrected chi connectivity index (χ4v) is 1.73. The van der Waals surface area contributed by atoms with Crippen LogP contribution in [-0.2, 0) is 6.42 Å². The smallest absolute Gasteiger partial charge is 0.0406 e. The van der Waals surface area contributed by atoms with Gasteiger partial charge in [0, 0.05) is 18.4 Å². The molecule has 0 aromatic carbocycles. The summed E-state index contributed by atoms with van der Waals surface area (Å²) in [6.45, 7) is 4.24. The highest BCUT2D eigenvalue weighted by Crippen LogP contribution is 2.16. The van der Waals surface area contributed by atoms with Crippen LogP contribution < -0.4 is 5.32 Å². The van der Waals surface area contributed by atoms with Gasteiger partial charge >= 0.3 is 0 Å². The quantitative estimate of drug-likeness (QED) is 0.768. The zero-order valence-corrected chi connectivity index (χ0v) is 8.59. The lowest BCUT2D eigenvalue weighted by Gasteiger charge is -2.14. The minimum Gasteiger partial charge on any atom is -0.312 e. The van der Waals surface area contributed by atoms with Gasteiger partial charge in [-0.2, -0.15) is 0 Å². The van der Waals surface area contributed by atoms with Crippen LogP contribution in [0.2, 0.25) is 0 Å². The van der Waals surface area contributed by atoms with Crippen molar-refractivity contribution in [1.82, 2.24) is 10.3 Å². The molecule has 0 saturated heterocycles. The summed E-state index contributed by atoms with van der Waals surface area (Å²) < 4.78 is 0. The number of nitrogens with one attached hydrogen (secondary N) is 1. The third-order valence-corrected chi connectivity index (χ3v) is 2.58. The second-order valence-corrected chi connectivity index (χ2v) is 3.58. The van der Waals surface area contributed by atoms with E-state index >= 15 is 0 Å². The van der Waals surface area contributed by atoms with Crippen LogP contribution in [0.5, 0.6) is 0 Å². The topological polar surface area (TPSA) is 24.9 Å². The first kappa shape index (κ1) is 9.41. The van der Waals surface area contributed by atoms with E-state index in [9.17, 15) is 0 Å². The van der Waals surface area contributed by atoms with E-state index < -0.39 is 0 Å². The van der Waals surface area contributed by atoms with Gasteiger partial charge in [0.15, 0.2) is 0 Å². The van der Waals surface area contributed by atoms with Gasteiger partial charge in [-0.05, 0) is 42.7 Å². The standard InChI is InChI=1S/C12H16N2/c1-2-12-8-10(5-7-14-12)11-4-3-6-13-9-11/h4-5,7-8,13H,2-3,6,9H2,1H3. The molecule has 1 aromatic heterocycles. The Bertz CT molecular complexity index is 342. The van der Waals surface area contributed by atoms with Gasteiger partial charge in [-0.25, -0.2) is 0 Å². The average molecular weight is 188 g/mol. The first-order valence-corrected chi connectivity index (χ1v) is 5.25. The summed E-state index contributed by atoms with van der Waals surface area (Å²) in [5.41, 5.74) is 3.91. The summed E-state index contributed by atoms with van der Waals surface area (Å²) in [5, 5.41) is 3.38. The van der Waals surface area contributed by atoms with E-state index in [2.05, 4.69) is 35.4 Å². The molecular formula is C12H16N2. The highest BCUT2D eigenvalue weighted by atomic mass is 14.9. The highest BCUT2D eigenvalue weighted by molar-refractivity contribution is 5.67. The van der Waals surface area contributed by atoms with Crippen molar-refractivity contribution >= 4 is 5.57 Å². The Kier molecular flexibility index (Phi) is 2.94. The second kappa shape index (κ2) is 4.38. The molecule has 1 aliphatic rings. The molecule has 1 aromatic rings. The largest absolute Gasteiger partial charge is 0.312 e. The molecule has 0 unspecified atom stereocenters. The number of rotatable bonds is 2. The predicted molar refractivity (Wildman–Crippen MR) is 59.1 cm³/mol. The van der Waals surface area contributed by atoms with Crippen LogP contribution in [0, 0.1) is 0 Å². The van der Waals surface area contributed by atoms with E-state index in [1.165, 1.54) is 16.8 Å². The Hall–Kier alpha value is -1.15. The maximum atomic E-state index is 4.31. The van der Waals surface area contributed by atoms with E-state index in [0.29, 0.717) is 0 Å². The Morgan fingerprint density at radius 3 is 3.14 bits per heavy atom. The van der Waals surface area contributed by atoms with E-state index in [4.69, 9.17) is 0 Å². The first-order valence-electron chi connectivity index (χ1n) is 5.25. The SMILES string of the molecule is CCc1cc(C2=CCCNC2)ccn1. The van der Waals surface area contributed by atoms with Crippen LogP contribution in [0.25, 0.3) is 5.57 Å². The Morgan fingerprint density at radius 2 is 2.43 bits per heavy atom. The van der Waals surface area contributed by atoms with Gasteiger partial charge in [-0.3, -0.25) is 4.98 Å². The molecule has 0 saturated carbocycles. The minimum atomic E-state index is 0.993. The summed E-state index contributed by atoms with van der Waals surface area (Å²) >= 11 is 0. The molecule has 14 heavy (non-hydrogen) atoms. The lowest BCUT2D eigenvalue weighted by atomic mass is 10.0. The van der Waals surface area contributed by atoms with Gasteiger partial charge in [0.05, 0.1) is 0 Å². The van der Waals surface area contributed by atoms with Crippen molar-refractivity contribution in [2.45, 2.75) is 19.8 Å². The van der Waals surface area contributed by atoms with Crippen molar-refractivity contribution in [1.29, 1.82) is 0 Å². The second-order valence-electron chi connectivity index (χ2n) is 3.58. The van der Waals surface area contributed by atoms with Crippen LogP contribution >= 0.6 is 0 Å². The fraction of sp³-hybridized carbons (Fsp3) is 0.417. The molecule has 0 bridgehead atoms. The van der Waals surface area contributed by atoms with Crippen LogP contribution in [0.3, 0.4) is 0 Å². The van der Waals surface area contributed by atoms with E-state index in [0.717, 1.165) is 25.9 Å². The summed E-state index contributed by atoms with van der Waals surface area (Å²) in [6, 6.07) is 4.29. The molecule has 2 nitrogen and oxygen atoms in total. The fourth-order valence-electron chi connectivity index (χ4n) is 1.73. The molecule has 1 aliphatic heterocycles. The number of hydrogen-bond acceptors (Lipinski definition) is 2. The van der Waals surface area contributed by atoms with Gasteiger partial charge in [-0.1, -0.05) is 13.0 Å². The third-order valence-electron chi connectivity index (χ3n) is 2.58. The van der Waals surface area contributed by atoms with Crippen LogP contribution in [0.15, 0.2) is 24.4 Å². The van der Waals surface area contributed by atoms with Crippen molar-refractivity contribution in [3.05, 3.63) is 35.7 Å². The number of pyridine rings is 1. The normalized spacial score (nSPS) is 16.5. The monoisotopic (exact) mass is 188 g/mol. The highest BCUT2D eigenvalue weighted by Gasteiger charge is 2.05. The number of aryl methyl sites for hydroxylation is 1. The summed E-state index contributed by atoms with van der Waals surface area (Å²) in [4.78, 5) is 4.31. The van der Waals surface area contributed by atoms with Crippen molar-refractivity contribution < 1.29 is 0 Å². The number of aromatic nitrogens is 1. The lowest BCUT2D eigenvalue weighted by molar-refractivity contribution is 0.739. The van der Waals surface area contributed by atoms with Crippen molar-refractivity contribution in [3.63, 3.8) is 0 Å². The average Bonchev–Trinajstić information content (AvgIpc) is 2.30. The number of hydrogen-bond donors (Lipinski definition) is 1. The Morgan fingerprint density at radius 1 is 1.50 bits per heavy atom. The molecule has 0 aliphatic carbocycles. The van der Waals surface area contributed by atoms with Gasteiger partial charge in [0.1, 0.15) is 0 Å². The molecular weight excluding hydrogens is 172 g/mol. The van der Waals surface area contributed by atoms with E-state index in [-0.39, 0.29) is 0 Å². The summed E-state index contributed by atoms with van der Waals surface area (Å²) in [7, 11) is 0. The molecule has 2 heterocycles. The third kappa shape index (κ3) is 2.02. The van der Waals surface area contributed by atoms with Crippen molar-refractivity contribution in [3.8, 4) is 0 Å². The van der Waals surface area contributed by atoms with Gasteiger partial charge in [-0.15, -0.1) is 0 Å². The first-order chi connectivity index (χ1) is 6.90. The summed E-state index contributed by atoms with van der Waals surface area (Å²) in [5.74, 6) is 0. The maximum absolute atomic E-state index is 4.31. The Balaban J connectivity index is 2.26. The molecule has 0 spiro atoms. The molecule has 2 rings (SSSR count).